The van der Waals surface area contributed by atoms with Gasteiger partial charge in [-0.25, -0.2) is 4.98 Å². The lowest BCUT2D eigenvalue weighted by Crippen LogP contribution is -2.09. The van der Waals surface area contributed by atoms with Crippen molar-refractivity contribution in [2.45, 2.75) is 20.3 Å². The molecule has 0 amide bonds. The number of benzene rings is 1. The van der Waals surface area contributed by atoms with Gasteiger partial charge in [0.25, 0.3) is 0 Å². The highest BCUT2D eigenvalue weighted by Crippen LogP contribution is 2.14. The number of hydrogen-bond acceptors (Lipinski definition) is 3. The molecule has 0 saturated carbocycles. The fourth-order valence-corrected chi connectivity index (χ4v) is 2.40. The fraction of sp³-hybridized carbons (Fsp3) is 0.250. The van der Waals surface area contributed by atoms with Crippen molar-refractivity contribution in [2.75, 3.05) is 11.9 Å². The van der Waals surface area contributed by atoms with E-state index in [1.807, 2.05) is 10.6 Å². The average Bonchev–Trinajstić information content (AvgIpc) is 2.89. The highest BCUT2D eigenvalue weighted by Gasteiger charge is 2.04. The van der Waals surface area contributed by atoms with Crippen molar-refractivity contribution in [3.63, 3.8) is 0 Å². The third-order valence-electron chi connectivity index (χ3n) is 3.49. The lowest BCUT2D eigenvalue weighted by atomic mass is 10.1. The maximum absolute atomic E-state index is 4.25. The van der Waals surface area contributed by atoms with E-state index in [0.717, 1.165) is 24.4 Å². The zero-order chi connectivity index (χ0) is 13.9. The van der Waals surface area contributed by atoms with Crippen LogP contribution in [0.4, 0.5) is 5.82 Å². The number of nitrogens with one attached hydrogen (secondary N) is 1. The van der Waals surface area contributed by atoms with Gasteiger partial charge in [0.05, 0.1) is 0 Å². The number of fused-ring (bicyclic) bond motifs is 1. The van der Waals surface area contributed by atoms with Crippen LogP contribution in [0, 0.1) is 13.8 Å². The Morgan fingerprint density at radius 2 is 2.00 bits per heavy atom. The second-order valence-corrected chi connectivity index (χ2v) is 5.05. The lowest BCUT2D eigenvalue weighted by molar-refractivity contribution is 0.923. The normalized spacial score (nSPS) is 10.9. The van der Waals surface area contributed by atoms with Crippen LogP contribution in [0.15, 0.2) is 42.7 Å². The SMILES string of the molecule is Cc1cc(NCCc2ccccc2C)n2ncnc2c1. The quantitative estimate of drug-likeness (QED) is 0.789. The summed E-state index contributed by atoms with van der Waals surface area (Å²) < 4.78 is 1.84. The Bertz CT molecular complexity index is 730. The van der Waals surface area contributed by atoms with Crippen LogP contribution in [0.3, 0.4) is 0 Å². The molecule has 0 spiro atoms. The molecule has 0 atom stereocenters. The Hall–Kier alpha value is -2.36. The first kappa shape index (κ1) is 12.7. The maximum Gasteiger partial charge on any atom is 0.157 e. The van der Waals surface area contributed by atoms with Gasteiger partial charge in [-0.3, -0.25) is 0 Å². The van der Waals surface area contributed by atoms with Gasteiger partial charge in [-0.15, -0.1) is 0 Å². The Morgan fingerprint density at radius 3 is 2.85 bits per heavy atom. The highest BCUT2D eigenvalue weighted by atomic mass is 15.3. The zero-order valence-corrected chi connectivity index (χ0v) is 11.8. The van der Waals surface area contributed by atoms with E-state index in [2.05, 4.69) is 59.6 Å². The number of rotatable bonds is 4. The molecule has 0 radical (unpaired) electrons. The number of nitrogens with zero attached hydrogens (tertiary/aromatic N) is 3. The third-order valence-corrected chi connectivity index (χ3v) is 3.49. The van der Waals surface area contributed by atoms with Crippen LogP contribution in [-0.4, -0.2) is 21.1 Å². The Labute approximate surface area is 118 Å². The summed E-state index contributed by atoms with van der Waals surface area (Å²) in [6.07, 6.45) is 2.58. The van der Waals surface area contributed by atoms with Crippen LogP contribution in [0.5, 0.6) is 0 Å². The molecule has 0 unspecified atom stereocenters. The number of hydrogen-bond donors (Lipinski definition) is 1. The minimum atomic E-state index is 0.878. The molecule has 2 aromatic heterocycles. The molecule has 20 heavy (non-hydrogen) atoms. The molecule has 0 saturated heterocycles. The van der Waals surface area contributed by atoms with Gasteiger partial charge in [-0.1, -0.05) is 24.3 Å². The molecule has 1 aromatic carbocycles. The van der Waals surface area contributed by atoms with Crippen LogP contribution >= 0.6 is 0 Å². The van der Waals surface area contributed by atoms with E-state index >= 15 is 0 Å². The molecule has 0 aliphatic carbocycles. The topological polar surface area (TPSA) is 42.2 Å². The predicted molar refractivity (Wildman–Crippen MR) is 81.1 cm³/mol. The molecular weight excluding hydrogens is 248 g/mol. The van der Waals surface area contributed by atoms with Crippen LogP contribution in [0.25, 0.3) is 5.65 Å². The molecule has 1 N–H and O–H groups in total. The van der Waals surface area contributed by atoms with E-state index in [1.54, 1.807) is 6.33 Å². The van der Waals surface area contributed by atoms with Crippen molar-refractivity contribution in [3.05, 3.63) is 59.4 Å². The second-order valence-electron chi connectivity index (χ2n) is 5.05. The van der Waals surface area contributed by atoms with Gasteiger partial charge in [0.1, 0.15) is 12.1 Å². The standard InChI is InChI=1S/C16H18N4/c1-12-9-15(20-16(10-12)18-11-19-20)17-8-7-14-6-4-3-5-13(14)2/h3-6,9-11,17H,7-8H2,1-2H3. The summed E-state index contributed by atoms with van der Waals surface area (Å²) in [5, 5.41) is 7.70. The first-order chi connectivity index (χ1) is 9.74. The average molecular weight is 266 g/mol. The smallest absolute Gasteiger partial charge is 0.157 e. The van der Waals surface area contributed by atoms with Crippen molar-refractivity contribution in [2.24, 2.45) is 0 Å². The monoisotopic (exact) mass is 266 g/mol. The molecule has 2 heterocycles. The zero-order valence-electron chi connectivity index (χ0n) is 11.8. The van der Waals surface area contributed by atoms with Gasteiger partial charge in [0.2, 0.25) is 0 Å². The van der Waals surface area contributed by atoms with Crippen LogP contribution < -0.4 is 5.32 Å². The largest absolute Gasteiger partial charge is 0.370 e. The molecule has 3 rings (SSSR count). The molecule has 0 bridgehead atoms. The number of aromatic nitrogens is 3. The molecule has 0 aliphatic rings. The van der Waals surface area contributed by atoms with E-state index in [4.69, 9.17) is 0 Å². The molecule has 4 nitrogen and oxygen atoms in total. The molecular formula is C16H18N4. The summed E-state index contributed by atoms with van der Waals surface area (Å²) in [6, 6.07) is 12.6. The molecule has 0 aliphatic heterocycles. The summed E-state index contributed by atoms with van der Waals surface area (Å²) in [5.74, 6) is 0.992. The Balaban J connectivity index is 1.74. The fourth-order valence-electron chi connectivity index (χ4n) is 2.40. The minimum Gasteiger partial charge on any atom is -0.370 e. The summed E-state index contributed by atoms with van der Waals surface area (Å²) >= 11 is 0. The second kappa shape index (κ2) is 5.33. The van der Waals surface area contributed by atoms with Crippen molar-refractivity contribution < 1.29 is 0 Å². The Morgan fingerprint density at radius 1 is 1.15 bits per heavy atom. The van der Waals surface area contributed by atoms with E-state index in [-0.39, 0.29) is 0 Å². The van der Waals surface area contributed by atoms with Gasteiger partial charge in [-0.05, 0) is 49.1 Å². The summed E-state index contributed by atoms with van der Waals surface area (Å²) in [6.45, 7) is 5.10. The van der Waals surface area contributed by atoms with Crippen LogP contribution in [-0.2, 0) is 6.42 Å². The van der Waals surface area contributed by atoms with E-state index < -0.39 is 0 Å². The van der Waals surface area contributed by atoms with E-state index in [1.165, 1.54) is 16.7 Å². The van der Waals surface area contributed by atoms with E-state index in [9.17, 15) is 0 Å². The summed E-state index contributed by atoms with van der Waals surface area (Å²) in [7, 11) is 0. The van der Waals surface area contributed by atoms with Crippen molar-refractivity contribution in [1.82, 2.24) is 14.6 Å². The van der Waals surface area contributed by atoms with Gasteiger partial charge in [0, 0.05) is 6.54 Å². The third kappa shape index (κ3) is 2.50. The van der Waals surface area contributed by atoms with Gasteiger partial charge in [-0.2, -0.15) is 9.61 Å². The molecule has 102 valence electrons. The maximum atomic E-state index is 4.25. The molecule has 3 aromatic rings. The van der Waals surface area contributed by atoms with Crippen molar-refractivity contribution in [1.29, 1.82) is 0 Å². The summed E-state index contributed by atoms with van der Waals surface area (Å²) in [5.41, 5.74) is 4.78. The van der Waals surface area contributed by atoms with Crippen molar-refractivity contribution >= 4 is 11.5 Å². The molecule has 4 heteroatoms. The lowest BCUT2D eigenvalue weighted by Gasteiger charge is -2.10. The molecule has 0 fully saturated rings. The van der Waals surface area contributed by atoms with Crippen LogP contribution in [0.2, 0.25) is 0 Å². The first-order valence-electron chi connectivity index (χ1n) is 6.83. The van der Waals surface area contributed by atoms with Gasteiger partial charge < -0.3 is 5.32 Å². The predicted octanol–water partition coefficient (Wildman–Crippen LogP) is 3.00. The number of anilines is 1. The first-order valence-corrected chi connectivity index (χ1v) is 6.83. The van der Waals surface area contributed by atoms with Crippen molar-refractivity contribution in [3.8, 4) is 0 Å². The van der Waals surface area contributed by atoms with E-state index in [0.29, 0.717) is 0 Å². The Kier molecular flexibility index (Phi) is 3.37. The van der Waals surface area contributed by atoms with Crippen LogP contribution in [0.1, 0.15) is 16.7 Å². The highest BCUT2D eigenvalue weighted by molar-refractivity contribution is 5.51. The minimum absolute atomic E-state index is 0.878. The van der Waals surface area contributed by atoms with Gasteiger partial charge in [0.15, 0.2) is 5.65 Å². The number of aryl methyl sites for hydroxylation is 2. The van der Waals surface area contributed by atoms with Gasteiger partial charge >= 0.3 is 0 Å². The summed E-state index contributed by atoms with van der Waals surface area (Å²) in [4.78, 5) is 4.23. The number of pyridine rings is 1.